The molecule has 176 valence electrons. The monoisotopic (exact) mass is 501 g/mol. The van der Waals surface area contributed by atoms with Crippen LogP contribution in [0.15, 0.2) is 72.8 Å². The van der Waals surface area contributed by atoms with E-state index in [1.807, 2.05) is 66.7 Å². The van der Waals surface area contributed by atoms with E-state index < -0.39 is 11.9 Å². The van der Waals surface area contributed by atoms with E-state index in [1.54, 1.807) is 18.7 Å². The molecule has 5 rings (SSSR count). The van der Waals surface area contributed by atoms with Gasteiger partial charge in [-0.25, -0.2) is 4.98 Å². The van der Waals surface area contributed by atoms with Crippen LogP contribution in [-0.4, -0.2) is 21.8 Å². The van der Waals surface area contributed by atoms with Crippen LogP contribution in [0.3, 0.4) is 0 Å². The molecule has 6 heteroatoms. The number of fused-ring (bicyclic) bond motifs is 3. The maximum atomic E-state index is 11.4. The Hall–Kier alpha value is -3.28. The maximum absolute atomic E-state index is 11.4. The van der Waals surface area contributed by atoms with Crippen LogP contribution < -0.4 is 4.74 Å². The Labute approximate surface area is 213 Å². The molecule has 4 nitrogen and oxygen atoms in total. The molecule has 1 aliphatic heterocycles. The zero-order valence-electron chi connectivity index (χ0n) is 19.1. The lowest BCUT2D eigenvalue weighted by atomic mass is 9.98. The van der Waals surface area contributed by atoms with E-state index in [1.165, 1.54) is 5.56 Å². The molecule has 1 aromatic heterocycles. The lowest BCUT2D eigenvalue weighted by molar-refractivity contribution is -0.140. The molecule has 2 heterocycles. The lowest BCUT2D eigenvalue weighted by Gasteiger charge is -2.20. The summed E-state index contributed by atoms with van der Waals surface area (Å²) >= 11 is 7.78. The first-order valence-corrected chi connectivity index (χ1v) is 12.8. The number of carboxylic acid groups (broad SMARTS) is 1. The Morgan fingerprint density at radius 3 is 2.80 bits per heavy atom. The fraction of sp³-hybridized carbons (Fsp3) is 0.172. The van der Waals surface area contributed by atoms with Gasteiger partial charge < -0.3 is 9.84 Å². The third-order valence-electron chi connectivity index (χ3n) is 6.09. The smallest absolute Gasteiger partial charge is 0.307 e. The number of thioether (sulfide) groups is 1. The minimum Gasteiger partial charge on any atom is -0.489 e. The van der Waals surface area contributed by atoms with Gasteiger partial charge >= 0.3 is 5.97 Å². The lowest BCUT2D eigenvalue weighted by Crippen LogP contribution is -2.13. The second kappa shape index (κ2) is 10.1. The summed E-state index contributed by atoms with van der Waals surface area (Å²) in [7, 11) is 0. The van der Waals surface area contributed by atoms with Gasteiger partial charge in [0.05, 0.1) is 22.4 Å². The van der Waals surface area contributed by atoms with Crippen molar-refractivity contribution in [3.05, 3.63) is 106 Å². The molecular formula is C29H24ClNO3S. The van der Waals surface area contributed by atoms with Gasteiger partial charge in [-0.05, 0) is 53.1 Å². The van der Waals surface area contributed by atoms with Crippen LogP contribution in [0.1, 0.15) is 40.1 Å². The first-order chi connectivity index (χ1) is 17.0. The van der Waals surface area contributed by atoms with Crippen molar-refractivity contribution in [3.8, 4) is 5.75 Å². The number of pyridine rings is 1. The average molecular weight is 502 g/mol. The van der Waals surface area contributed by atoms with E-state index in [-0.39, 0.29) is 5.25 Å². The fourth-order valence-electron chi connectivity index (χ4n) is 4.12. The van der Waals surface area contributed by atoms with Crippen LogP contribution in [0.4, 0.5) is 0 Å². The second-order valence-corrected chi connectivity index (χ2v) is 10.2. The van der Waals surface area contributed by atoms with Crippen molar-refractivity contribution < 1.29 is 14.6 Å². The molecule has 1 N–H and O–H groups in total. The summed E-state index contributed by atoms with van der Waals surface area (Å²) in [5.41, 5.74) is 6.07. The highest BCUT2D eigenvalue weighted by molar-refractivity contribution is 7.99. The van der Waals surface area contributed by atoms with Crippen molar-refractivity contribution in [1.29, 1.82) is 0 Å². The molecule has 35 heavy (non-hydrogen) atoms. The van der Waals surface area contributed by atoms with Crippen molar-refractivity contribution in [2.24, 2.45) is 5.92 Å². The number of aliphatic carboxylic acids is 1. The van der Waals surface area contributed by atoms with E-state index in [0.717, 1.165) is 39.0 Å². The standard InChI is InChI=1S/C29H24ClNO3S/c1-18(29(32)33)17-35-28-24-5-3-2-4-21(24)16-34-27-13-7-19(14-25(27)28)6-11-23-12-9-20-8-10-22(30)15-26(20)31-23/h2-15,18,28H,16-17H2,1H3,(H,32,33). The summed E-state index contributed by atoms with van der Waals surface area (Å²) < 4.78 is 6.16. The largest absolute Gasteiger partial charge is 0.489 e. The summed E-state index contributed by atoms with van der Waals surface area (Å²) in [6.07, 6.45) is 4.03. The maximum Gasteiger partial charge on any atom is 0.307 e. The van der Waals surface area contributed by atoms with Gasteiger partial charge in [0.25, 0.3) is 0 Å². The Bertz CT molecular complexity index is 1430. The van der Waals surface area contributed by atoms with Gasteiger partial charge in [0.1, 0.15) is 12.4 Å². The molecule has 2 atom stereocenters. The van der Waals surface area contributed by atoms with Crippen LogP contribution in [0.5, 0.6) is 5.75 Å². The quantitative estimate of drug-likeness (QED) is 0.296. The van der Waals surface area contributed by atoms with Crippen LogP contribution in [-0.2, 0) is 11.4 Å². The van der Waals surface area contributed by atoms with Crippen LogP contribution in [0.25, 0.3) is 23.1 Å². The zero-order chi connectivity index (χ0) is 24.4. The van der Waals surface area contributed by atoms with Gasteiger partial charge in [0.15, 0.2) is 0 Å². The Morgan fingerprint density at radius 2 is 1.94 bits per heavy atom. The molecule has 0 spiro atoms. The third kappa shape index (κ3) is 5.21. The van der Waals surface area contributed by atoms with E-state index >= 15 is 0 Å². The predicted octanol–water partition coefficient (Wildman–Crippen LogP) is 7.49. The van der Waals surface area contributed by atoms with Gasteiger partial charge in [0.2, 0.25) is 0 Å². The summed E-state index contributed by atoms with van der Waals surface area (Å²) in [6.45, 7) is 2.24. The minimum atomic E-state index is -0.781. The van der Waals surface area contributed by atoms with Crippen LogP contribution >= 0.6 is 23.4 Å². The number of rotatable bonds is 6. The molecular weight excluding hydrogens is 478 g/mol. The van der Waals surface area contributed by atoms with E-state index in [2.05, 4.69) is 18.2 Å². The molecule has 2 unspecified atom stereocenters. The number of hydrogen-bond acceptors (Lipinski definition) is 4. The molecule has 0 fully saturated rings. The normalized spacial score (nSPS) is 15.8. The van der Waals surface area contributed by atoms with E-state index in [9.17, 15) is 9.90 Å². The minimum absolute atomic E-state index is 0.0141. The number of halogens is 1. The molecule has 4 aromatic rings. The highest BCUT2D eigenvalue weighted by Gasteiger charge is 2.26. The SMILES string of the molecule is CC(CSC1c2ccccc2COc2ccc(C=Cc3ccc4ccc(Cl)cc4n3)cc21)C(=O)O. The Kier molecular flexibility index (Phi) is 6.80. The number of carbonyl (C=O) groups is 1. The molecule has 0 aliphatic carbocycles. The van der Waals surface area contributed by atoms with E-state index in [4.69, 9.17) is 21.3 Å². The second-order valence-electron chi connectivity index (χ2n) is 8.64. The zero-order valence-corrected chi connectivity index (χ0v) is 20.7. The fourth-order valence-corrected chi connectivity index (χ4v) is 5.69. The number of nitrogens with zero attached hydrogens (tertiary/aromatic N) is 1. The predicted molar refractivity (Wildman–Crippen MR) is 144 cm³/mol. The number of benzene rings is 3. The molecule has 3 aromatic carbocycles. The van der Waals surface area contributed by atoms with Gasteiger partial charge in [-0.2, -0.15) is 0 Å². The summed E-state index contributed by atoms with van der Waals surface area (Å²) in [4.78, 5) is 16.2. The molecule has 0 saturated heterocycles. The summed E-state index contributed by atoms with van der Waals surface area (Å²) in [6, 6.07) is 24.1. The molecule has 0 amide bonds. The molecule has 0 bridgehead atoms. The molecule has 0 saturated carbocycles. The molecule has 0 radical (unpaired) electrons. The summed E-state index contributed by atoms with van der Waals surface area (Å²) in [5, 5.41) is 11.1. The van der Waals surface area contributed by atoms with Crippen molar-refractivity contribution in [1.82, 2.24) is 4.98 Å². The van der Waals surface area contributed by atoms with Gasteiger partial charge in [-0.3, -0.25) is 4.79 Å². The average Bonchev–Trinajstić information content (AvgIpc) is 3.02. The Morgan fingerprint density at radius 1 is 1.11 bits per heavy atom. The van der Waals surface area contributed by atoms with Crippen LogP contribution in [0, 0.1) is 5.92 Å². The third-order valence-corrected chi connectivity index (χ3v) is 7.86. The first-order valence-electron chi connectivity index (χ1n) is 11.4. The van der Waals surface area contributed by atoms with Gasteiger partial charge in [-0.1, -0.05) is 67.1 Å². The first kappa shape index (κ1) is 23.5. The van der Waals surface area contributed by atoms with Crippen molar-refractivity contribution >= 4 is 52.4 Å². The van der Waals surface area contributed by atoms with Crippen molar-refractivity contribution in [2.45, 2.75) is 18.8 Å². The topological polar surface area (TPSA) is 59.4 Å². The number of carboxylic acids is 1. The highest BCUT2D eigenvalue weighted by Crippen LogP contribution is 2.45. The van der Waals surface area contributed by atoms with E-state index in [0.29, 0.717) is 17.4 Å². The van der Waals surface area contributed by atoms with Crippen LogP contribution in [0.2, 0.25) is 5.02 Å². The summed E-state index contributed by atoms with van der Waals surface area (Å²) in [5.74, 6) is 0.126. The van der Waals surface area contributed by atoms with Gasteiger partial charge in [0, 0.05) is 21.7 Å². The number of hydrogen-bond donors (Lipinski definition) is 1. The number of ether oxygens (including phenoxy) is 1. The highest BCUT2D eigenvalue weighted by atomic mass is 35.5. The van der Waals surface area contributed by atoms with Crippen molar-refractivity contribution in [2.75, 3.05) is 5.75 Å². The molecule has 1 aliphatic rings. The Balaban J connectivity index is 1.48. The van der Waals surface area contributed by atoms with Gasteiger partial charge in [-0.15, -0.1) is 11.8 Å². The van der Waals surface area contributed by atoms with Crippen molar-refractivity contribution in [3.63, 3.8) is 0 Å². The number of aromatic nitrogens is 1.